The van der Waals surface area contributed by atoms with Crippen molar-refractivity contribution in [3.05, 3.63) is 35.9 Å². The van der Waals surface area contributed by atoms with Crippen molar-refractivity contribution in [3.8, 4) is 0 Å². The number of benzene rings is 1. The first kappa shape index (κ1) is 19.2. The van der Waals surface area contributed by atoms with E-state index in [-0.39, 0.29) is 17.3 Å². The van der Waals surface area contributed by atoms with Crippen LogP contribution in [0.1, 0.15) is 50.3 Å². The molecule has 126 valence electrons. The molecular weight excluding hydrogens is 320 g/mol. The zero-order valence-electron chi connectivity index (χ0n) is 13.4. The van der Waals surface area contributed by atoms with Crippen molar-refractivity contribution in [2.24, 2.45) is 0 Å². The molecule has 1 atom stereocenters. The number of hydrogen-bond donors (Lipinski definition) is 0. The van der Waals surface area contributed by atoms with Gasteiger partial charge in [0.25, 0.3) is 0 Å². The van der Waals surface area contributed by atoms with E-state index < -0.39 is 24.9 Å². The maximum Gasteiger partial charge on any atom is 0.158 e. The fourth-order valence-corrected chi connectivity index (χ4v) is 6.79. The van der Waals surface area contributed by atoms with Crippen LogP contribution in [0.3, 0.4) is 0 Å². The molecule has 0 saturated carbocycles. The van der Waals surface area contributed by atoms with Crippen LogP contribution in [0.4, 0.5) is 0 Å². The van der Waals surface area contributed by atoms with Crippen LogP contribution in [0.25, 0.3) is 0 Å². The largest absolute Gasteiger partial charge is 0.229 e. The van der Waals surface area contributed by atoms with Crippen molar-refractivity contribution in [1.29, 1.82) is 0 Å². The number of rotatable bonds is 10. The molecule has 0 fully saturated rings. The van der Waals surface area contributed by atoms with E-state index in [1.165, 1.54) is 0 Å². The molecule has 0 bridgehead atoms. The SMILES string of the molecule is CCCCS(=O)(=O)CC(c1ccccc1)S(=O)(=O)CCCC. The lowest BCUT2D eigenvalue weighted by Crippen LogP contribution is -2.26. The zero-order valence-corrected chi connectivity index (χ0v) is 15.0. The van der Waals surface area contributed by atoms with Gasteiger partial charge in [-0.05, 0) is 18.4 Å². The van der Waals surface area contributed by atoms with E-state index in [4.69, 9.17) is 0 Å². The van der Waals surface area contributed by atoms with Gasteiger partial charge in [0.05, 0.1) is 17.3 Å². The Balaban J connectivity index is 3.08. The minimum atomic E-state index is -3.47. The van der Waals surface area contributed by atoms with Crippen molar-refractivity contribution >= 4 is 19.7 Å². The van der Waals surface area contributed by atoms with Crippen LogP contribution in [-0.2, 0) is 19.7 Å². The maximum absolute atomic E-state index is 12.6. The Kier molecular flexibility index (Phi) is 7.56. The Morgan fingerprint density at radius 2 is 1.41 bits per heavy atom. The predicted molar refractivity (Wildman–Crippen MR) is 91.4 cm³/mol. The first-order valence-corrected chi connectivity index (χ1v) is 11.3. The second-order valence-electron chi connectivity index (χ2n) is 5.59. The van der Waals surface area contributed by atoms with E-state index in [1.807, 2.05) is 13.8 Å². The monoisotopic (exact) mass is 346 g/mol. The Hall–Kier alpha value is -0.880. The molecule has 22 heavy (non-hydrogen) atoms. The Morgan fingerprint density at radius 3 is 1.95 bits per heavy atom. The summed E-state index contributed by atoms with van der Waals surface area (Å²) in [6.45, 7) is 3.84. The number of hydrogen-bond acceptors (Lipinski definition) is 4. The summed E-state index contributed by atoms with van der Waals surface area (Å²) in [4.78, 5) is 0. The topological polar surface area (TPSA) is 68.3 Å². The summed E-state index contributed by atoms with van der Waals surface area (Å²) in [6.07, 6.45) is 2.67. The molecular formula is C16H26O4S2. The van der Waals surface area contributed by atoms with Gasteiger partial charge in [-0.25, -0.2) is 16.8 Å². The van der Waals surface area contributed by atoms with Crippen molar-refractivity contribution in [2.45, 2.75) is 44.8 Å². The lowest BCUT2D eigenvalue weighted by Gasteiger charge is -2.18. The van der Waals surface area contributed by atoms with Gasteiger partial charge in [-0.15, -0.1) is 0 Å². The molecule has 1 aromatic rings. The highest BCUT2D eigenvalue weighted by Crippen LogP contribution is 2.26. The minimum absolute atomic E-state index is 0.0341. The van der Waals surface area contributed by atoms with E-state index in [0.29, 0.717) is 18.4 Å². The average molecular weight is 347 g/mol. The normalized spacial score (nSPS) is 13.9. The smallest absolute Gasteiger partial charge is 0.158 e. The summed E-state index contributed by atoms with van der Waals surface area (Å²) in [7, 11) is -6.85. The van der Waals surface area contributed by atoms with Crippen LogP contribution in [0.15, 0.2) is 30.3 Å². The van der Waals surface area contributed by atoms with Gasteiger partial charge in [-0.2, -0.15) is 0 Å². The lowest BCUT2D eigenvalue weighted by molar-refractivity contribution is 0.572. The summed E-state index contributed by atoms with van der Waals surface area (Å²) in [5, 5.41) is -0.956. The van der Waals surface area contributed by atoms with Crippen LogP contribution < -0.4 is 0 Å². The van der Waals surface area contributed by atoms with Crippen molar-refractivity contribution < 1.29 is 16.8 Å². The summed E-state index contributed by atoms with van der Waals surface area (Å²) in [5.74, 6) is -0.231. The third-order valence-corrected chi connectivity index (χ3v) is 7.73. The lowest BCUT2D eigenvalue weighted by atomic mass is 10.2. The molecule has 0 radical (unpaired) electrons. The maximum atomic E-state index is 12.6. The molecule has 0 aliphatic heterocycles. The molecule has 6 heteroatoms. The first-order valence-electron chi connectivity index (χ1n) is 7.79. The van der Waals surface area contributed by atoms with Crippen LogP contribution >= 0.6 is 0 Å². The molecule has 0 heterocycles. The van der Waals surface area contributed by atoms with E-state index >= 15 is 0 Å². The van der Waals surface area contributed by atoms with Gasteiger partial charge in [0.2, 0.25) is 0 Å². The van der Waals surface area contributed by atoms with Gasteiger partial charge >= 0.3 is 0 Å². The molecule has 0 N–H and O–H groups in total. The second kappa shape index (κ2) is 8.67. The van der Waals surface area contributed by atoms with Crippen LogP contribution in [0, 0.1) is 0 Å². The van der Waals surface area contributed by atoms with Gasteiger partial charge in [0.1, 0.15) is 5.25 Å². The highest BCUT2D eigenvalue weighted by atomic mass is 32.2. The van der Waals surface area contributed by atoms with Gasteiger partial charge < -0.3 is 0 Å². The van der Waals surface area contributed by atoms with E-state index in [2.05, 4.69) is 0 Å². The zero-order chi connectivity index (χ0) is 16.6. The standard InChI is InChI=1S/C16H26O4S2/c1-3-5-12-21(17,18)14-16(15-10-8-7-9-11-15)22(19,20)13-6-4-2/h7-11,16H,3-6,12-14H2,1-2H3. The summed E-state index contributed by atoms with van der Waals surface area (Å²) in [6, 6.07) is 8.69. The van der Waals surface area contributed by atoms with Crippen molar-refractivity contribution in [3.63, 3.8) is 0 Å². The molecule has 0 saturated heterocycles. The summed E-state index contributed by atoms with van der Waals surface area (Å²) >= 11 is 0. The highest BCUT2D eigenvalue weighted by Gasteiger charge is 2.31. The Labute approximate surface area is 134 Å². The highest BCUT2D eigenvalue weighted by molar-refractivity contribution is 7.95. The van der Waals surface area contributed by atoms with Gasteiger partial charge in [0.15, 0.2) is 19.7 Å². The van der Waals surface area contributed by atoms with Crippen molar-refractivity contribution in [1.82, 2.24) is 0 Å². The molecule has 0 aliphatic carbocycles. The summed E-state index contributed by atoms with van der Waals surface area (Å²) in [5.41, 5.74) is 0.568. The van der Waals surface area contributed by atoms with Crippen LogP contribution in [0.5, 0.6) is 0 Å². The number of unbranched alkanes of at least 4 members (excludes halogenated alkanes) is 2. The average Bonchev–Trinajstić information content (AvgIpc) is 2.49. The molecule has 1 unspecified atom stereocenters. The molecule has 0 amide bonds. The fourth-order valence-electron chi connectivity index (χ4n) is 2.24. The first-order chi connectivity index (χ1) is 10.3. The van der Waals surface area contributed by atoms with Crippen LogP contribution in [0.2, 0.25) is 0 Å². The molecule has 0 aliphatic rings. The van der Waals surface area contributed by atoms with Crippen molar-refractivity contribution in [2.75, 3.05) is 17.3 Å². The third kappa shape index (κ3) is 6.08. The fraction of sp³-hybridized carbons (Fsp3) is 0.625. The summed E-state index contributed by atoms with van der Waals surface area (Å²) < 4.78 is 49.6. The van der Waals surface area contributed by atoms with Gasteiger partial charge in [0, 0.05) is 0 Å². The van der Waals surface area contributed by atoms with E-state index in [1.54, 1.807) is 30.3 Å². The minimum Gasteiger partial charge on any atom is -0.229 e. The van der Waals surface area contributed by atoms with E-state index in [0.717, 1.165) is 12.8 Å². The van der Waals surface area contributed by atoms with E-state index in [9.17, 15) is 16.8 Å². The Morgan fingerprint density at radius 1 is 0.864 bits per heavy atom. The molecule has 1 rings (SSSR count). The number of sulfone groups is 2. The molecule has 0 spiro atoms. The van der Waals surface area contributed by atoms with Gasteiger partial charge in [-0.1, -0.05) is 57.0 Å². The predicted octanol–water partition coefficient (Wildman–Crippen LogP) is 3.16. The molecule has 0 aromatic heterocycles. The molecule has 4 nitrogen and oxygen atoms in total. The Bertz CT molecular complexity index is 634. The second-order valence-corrected chi connectivity index (χ2v) is 10.1. The quantitative estimate of drug-likeness (QED) is 0.652. The molecule has 1 aromatic carbocycles. The third-order valence-electron chi connectivity index (χ3n) is 3.60. The van der Waals surface area contributed by atoms with Gasteiger partial charge in [-0.3, -0.25) is 0 Å². The van der Waals surface area contributed by atoms with Crippen LogP contribution in [-0.4, -0.2) is 34.1 Å².